The number of benzene rings is 2. The molecule has 8 heteroatoms. The molecular formula is C17H19N3O4S. The highest BCUT2D eigenvalue weighted by molar-refractivity contribution is 7.89. The van der Waals surface area contributed by atoms with Crippen molar-refractivity contribution in [2.75, 3.05) is 5.32 Å². The van der Waals surface area contributed by atoms with Gasteiger partial charge < -0.3 is 10.6 Å². The third-order valence-electron chi connectivity index (χ3n) is 3.43. The Labute approximate surface area is 146 Å². The van der Waals surface area contributed by atoms with Gasteiger partial charge in [0.25, 0.3) is 5.91 Å². The molecule has 0 aromatic heterocycles. The molecule has 0 radical (unpaired) electrons. The Morgan fingerprint density at radius 1 is 1.08 bits per heavy atom. The minimum absolute atomic E-state index is 0.0157. The van der Waals surface area contributed by atoms with Crippen molar-refractivity contribution in [3.63, 3.8) is 0 Å². The van der Waals surface area contributed by atoms with Gasteiger partial charge in [-0.05, 0) is 35.9 Å². The third-order valence-corrected chi connectivity index (χ3v) is 4.36. The highest BCUT2D eigenvalue weighted by Crippen LogP contribution is 2.12. The fraction of sp³-hybridized carbons (Fsp3) is 0.176. The number of primary sulfonamides is 1. The Hall–Kier alpha value is -2.71. The van der Waals surface area contributed by atoms with Gasteiger partial charge >= 0.3 is 0 Å². The molecule has 2 aromatic carbocycles. The first-order chi connectivity index (χ1) is 11.8. The molecule has 2 aromatic rings. The lowest BCUT2D eigenvalue weighted by Crippen LogP contribution is -2.23. The normalized spacial score (nSPS) is 11.0. The Balaban J connectivity index is 2.00. The smallest absolute Gasteiger partial charge is 0.251 e. The molecule has 2 amide bonds. The summed E-state index contributed by atoms with van der Waals surface area (Å²) in [5.74, 6) is -0.435. The summed E-state index contributed by atoms with van der Waals surface area (Å²) in [7, 11) is -3.73. The first-order valence-corrected chi connectivity index (χ1v) is 9.14. The number of rotatable bonds is 6. The lowest BCUT2D eigenvalue weighted by Gasteiger charge is -2.08. The Morgan fingerprint density at radius 3 is 2.36 bits per heavy atom. The lowest BCUT2D eigenvalue weighted by atomic mass is 10.1. The van der Waals surface area contributed by atoms with Gasteiger partial charge in [0.05, 0.1) is 4.90 Å². The van der Waals surface area contributed by atoms with Gasteiger partial charge in [0.2, 0.25) is 15.9 Å². The molecule has 0 aliphatic carbocycles. The zero-order valence-corrected chi connectivity index (χ0v) is 14.5. The zero-order valence-electron chi connectivity index (χ0n) is 13.7. The number of anilines is 1. The van der Waals surface area contributed by atoms with E-state index in [1.54, 1.807) is 43.3 Å². The largest absolute Gasteiger partial charge is 0.348 e. The van der Waals surface area contributed by atoms with Gasteiger partial charge in [-0.25, -0.2) is 13.6 Å². The monoisotopic (exact) mass is 361 g/mol. The molecule has 0 aliphatic rings. The van der Waals surface area contributed by atoms with Crippen LogP contribution in [-0.2, 0) is 21.4 Å². The summed E-state index contributed by atoms with van der Waals surface area (Å²) < 4.78 is 22.4. The standard InChI is InChI=1S/C17H19N3O4S/c1-2-16(21)20-14-5-3-4-13(10-14)17(22)19-11-12-6-8-15(9-7-12)25(18,23)24/h3-10H,2,11H2,1H3,(H,19,22)(H,20,21)(H2,18,23,24). The van der Waals surface area contributed by atoms with Crippen molar-refractivity contribution in [1.82, 2.24) is 5.32 Å². The van der Waals surface area contributed by atoms with Gasteiger partial charge in [-0.15, -0.1) is 0 Å². The molecule has 7 nitrogen and oxygen atoms in total. The molecule has 0 saturated heterocycles. The fourth-order valence-corrected chi connectivity index (χ4v) is 2.58. The quantitative estimate of drug-likeness (QED) is 0.724. The van der Waals surface area contributed by atoms with Gasteiger partial charge in [0.15, 0.2) is 0 Å². The Morgan fingerprint density at radius 2 is 1.76 bits per heavy atom. The van der Waals surface area contributed by atoms with Crippen molar-refractivity contribution < 1.29 is 18.0 Å². The zero-order chi connectivity index (χ0) is 18.4. The summed E-state index contributed by atoms with van der Waals surface area (Å²) >= 11 is 0. The minimum atomic E-state index is -3.73. The van der Waals surface area contributed by atoms with E-state index in [4.69, 9.17) is 5.14 Å². The highest BCUT2D eigenvalue weighted by atomic mass is 32.2. The molecule has 132 valence electrons. The fourth-order valence-electron chi connectivity index (χ4n) is 2.07. The van der Waals surface area contributed by atoms with Crippen molar-refractivity contribution in [3.05, 3.63) is 59.7 Å². The van der Waals surface area contributed by atoms with Crippen LogP contribution in [0, 0.1) is 0 Å². The van der Waals surface area contributed by atoms with Crippen LogP contribution in [0.3, 0.4) is 0 Å². The number of hydrogen-bond acceptors (Lipinski definition) is 4. The second-order valence-electron chi connectivity index (χ2n) is 5.35. The lowest BCUT2D eigenvalue weighted by molar-refractivity contribution is -0.115. The van der Waals surface area contributed by atoms with E-state index in [0.717, 1.165) is 5.56 Å². The van der Waals surface area contributed by atoms with Crippen LogP contribution in [0.4, 0.5) is 5.69 Å². The van der Waals surface area contributed by atoms with Crippen LogP contribution < -0.4 is 15.8 Å². The molecular weight excluding hydrogens is 342 g/mol. The van der Waals surface area contributed by atoms with Gasteiger partial charge in [0, 0.05) is 24.2 Å². The number of nitrogens with two attached hydrogens (primary N) is 1. The molecule has 2 rings (SSSR count). The molecule has 0 unspecified atom stereocenters. The average Bonchev–Trinajstić information content (AvgIpc) is 2.59. The molecule has 4 N–H and O–H groups in total. The number of carbonyl (C=O) groups excluding carboxylic acids is 2. The van der Waals surface area contributed by atoms with E-state index >= 15 is 0 Å². The minimum Gasteiger partial charge on any atom is -0.348 e. The third kappa shape index (κ3) is 5.40. The SMILES string of the molecule is CCC(=O)Nc1cccc(C(=O)NCc2ccc(S(N)(=O)=O)cc2)c1. The first-order valence-electron chi connectivity index (χ1n) is 7.59. The Kier molecular flexibility index (Phi) is 5.89. The second kappa shape index (κ2) is 7.91. The van der Waals surface area contributed by atoms with Crippen LogP contribution in [-0.4, -0.2) is 20.2 Å². The Bertz CT molecular complexity index is 877. The van der Waals surface area contributed by atoms with Crippen LogP contribution in [0.15, 0.2) is 53.4 Å². The summed E-state index contributed by atoms with van der Waals surface area (Å²) in [5, 5.41) is 10.5. The average molecular weight is 361 g/mol. The van der Waals surface area contributed by atoms with Gasteiger partial charge in [-0.3, -0.25) is 9.59 Å². The van der Waals surface area contributed by atoms with Gasteiger partial charge in [-0.2, -0.15) is 0 Å². The van der Waals surface area contributed by atoms with Crippen LogP contribution in [0.5, 0.6) is 0 Å². The van der Waals surface area contributed by atoms with Crippen molar-refractivity contribution >= 4 is 27.5 Å². The summed E-state index contributed by atoms with van der Waals surface area (Å²) in [5.41, 5.74) is 1.70. The molecule has 0 heterocycles. The van der Waals surface area contributed by atoms with E-state index < -0.39 is 10.0 Å². The summed E-state index contributed by atoms with van der Waals surface area (Å²) in [4.78, 5) is 23.6. The maximum atomic E-state index is 12.2. The molecule has 0 aliphatic heterocycles. The summed E-state index contributed by atoms with van der Waals surface area (Å²) in [6.45, 7) is 1.97. The predicted molar refractivity (Wildman–Crippen MR) is 94.3 cm³/mol. The number of carbonyl (C=O) groups is 2. The molecule has 0 atom stereocenters. The molecule has 0 bridgehead atoms. The maximum Gasteiger partial charge on any atom is 0.251 e. The van der Waals surface area contributed by atoms with Crippen LogP contribution in [0.2, 0.25) is 0 Å². The van der Waals surface area contributed by atoms with Gasteiger partial charge in [-0.1, -0.05) is 25.1 Å². The van der Waals surface area contributed by atoms with E-state index in [1.807, 2.05) is 0 Å². The van der Waals surface area contributed by atoms with E-state index in [0.29, 0.717) is 17.7 Å². The molecule has 0 spiro atoms. The highest BCUT2D eigenvalue weighted by Gasteiger charge is 2.09. The first kappa shape index (κ1) is 18.6. The topological polar surface area (TPSA) is 118 Å². The van der Waals surface area contributed by atoms with Gasteiger partial charge in [0.1, 0.15) is 0 Å². The molecule has 0 fully saturated rings. The van der Waals surface area contributed by atoms with Crippen molar-refractivity contribution in [2.24, 2.45) is 5.14 Å². The second-order valence-corrected chi connectivity index (χ2v) is 6.92. The van der Waals surface area contributed by atoms with E-state index in [9.17, 15) is 18.0 Å². The predicted octanol–water partition coefficient (Wildman–Crippen LogP) is 1.61. The van der Waals surface area contributed by atoms with Crippen LogP contribution in [0.25, 0.3) is 0 Å². The summed E-state index contributed by atoms with van der Waals surface area (Å²) in [6, 6.07) is 12.6. The van der Waals surface area contributed by atoms with Crippen molar-refractivity contribution in [3.8, 4) is 0 Å². The number of sulfonamides is 1. The van der Waals surface area contributed by atoms with Crippen molar-refractivity contribution in [1.29, 1.82) is 0 Å². The van der Waals surface area contributed by atoms with E-state index in [1.165, 1.54) is 12.1 Å². The molecule has 25 heavy (non-hydrogen) atoms. The van der Waals surface area contributed by atoms with E-state index in [2.05, 4.69) is 10.6 Å². The van der Waals surface area contributed by atoms with E-state index in [-0.39, 0.29) is 23.3 Å². The van der Waals surface area contributed by atoms with Crippen LogP contribution in [0.1, 0.15) is 29.3 Å². The summed E-state index contributed by atoms with van der Waals surface area (Å²) in [6.07, 6.45) is 0.352. The number of nitrogens with one attached hydrogen (secondary N) is 2. The van der Waals surface area contributed by atoms with Crippen LogP contribution >= 0.6 is 0 Å². The molecule has 0 saturated carbocycles. The number of amides is 2. The maximum absolute atomic E-state index is 12.2. The number of hydrogen-bond donors (Lipinski definition) is 3. The van der Waals surface area contributed by atoms with Crippen molar-refractivity contribution in [2.45, 2.75) is 24.8 Å².